The van der Waals surface area contributed by atoms with Gasteiger partial charge in [-0.25, -0.2) is 0 Å². The molecule has 2 fully saturated rings. The minimum Gasteiger partial charge on any atom is -0.360 e. The maximum absolute atomic E-state index is 12.7. The molecule has 1 aromatic heterocycles. The summed E-state index contributed by atoms with van der Waals surface area (Å²) in [7, 11) is 0. The van der Waals surface area contributed by atoms with Crippen molar-refractivity contribution >= 4 is 16.8 Å². The summed E-state index contributed by atoms with van der Waals surface area (Å²) >= 11 is 0. The highest BCUT2D eigenvalue weighted by molar-refractivity contribution is 6.06. The van der Waals surface area contributed by atoms with Crippen LogP contribution < -0.4 is 0 Å². The standard InChI is InChI=1S/C17H18N2O/c20-17(15-11-18-16-4-2-1-3-14(15)16)19-9-7-13(8-10-19)12-5-6-12/h1-4,11,18H,5-10H2. The number of hydrogen-bond donors (Lipinski definition) is 1. The summed E-state index contributed by atoms with van der Waals surface area (Å²) in [5.41, 5.74) is 5.12. The summed E-state index contributed by atoms with van der Waals surface area (Å²) in [5, 5.41) is 1.03. The van der Waals surface area contributed by atoms with Gasteiger partial charge in [0, 0.05) is 30.2 Å². The Labute approximate surface area is 118 Å². The SMILES string of the molecule is O=C(c1c[nH]c2ccccc12)N1CCC(=C2CC2)CC1. The molecule has 102 valence electrons. The van der Waals surface area contributed by atoms with Crippen molar-refractivity contribution in [2.24, 2.45) is 0 Å². The quantitative estimate of drug-likeness (QED) is 0.788. The van der Waals surface area contributed by atoms with Gasteiger partial charge in [0.1, 0.15) is 0 Å². The van der Waals surface area contributed by atoms with Crippen molar-refractivity contribution in [3.63, 3.8) is 0 Å². The maximum atomic E-state index is 12.7. The average Bonchev–Trinajstić information content (AvgIpc) is 3.26. The second kappa shape index (κ2) is 4.51. The Kier molecular flexibility index (Phi) is 2.66. The normalized spacial score (nSPS) is 18.7. The summed E-state index contributed by atoms with van der Waals surface area (Å²) in [6, 6.07) is 8.00. The van der Waals surface area contributed by atoms with Crippen LogP contribution in [0.5, 0.6) is 0 Å². The molecule has 0 spiro atoms. The van der Waals surface area contributed by atoms with Crippen molar-refractivity contribution in [3.8, 4) is 0 Å². The zero-order chi connectivity index (χ0) is 13.5. The zero-order valence-electron chi connectivity index (χ0n) is 11.5. The van der Waals surface area contributed by atoms with Crippen LogP contribution in [0, 0.1) is 0 Å². The number of carbonyl (C=O) groups excluding carboxylic acids is 1. The number of amides is 1. The van der Waals surface area contributed by atoms with Crippen LogP contribution in [0.3, 0.4) is 0 Å². The first-order valence-electron chi connectivity index (χ1n) is 7.38. The van der Waals surface area contributed by atoms with E-state index in [1.165, 1.54) is 12.8 Å². The number of hydrogen-bond acceptors (Lipinski definition) is 1. The van der Waals surface area contributed by atoms with Gasteiger partial charge < -0.3 is 9.88 Å². The van der Waals surface area contributed by atoms with Gasteiger partial charge in [-0.05, 0) is 31.7 Å². The van der Waals surface area contributed by atoms with Crippen molar-refractivity contribution in [2.45, 2.75) is 25.7 Å². The molecule has 20 heavy (non-hydrogen) atoms. The number of piperidine rings is 1. The van der Waals surface area contributed by atoms with E-state index in [2.05, 4.69) is 4.98 Å². The van der Waals surface area contributed by atoms with E-state index < -0.39 is 0 Å². The Bertz CT molecular complexity index is 695. The van der Waals surface area contributed by atoms with E-state index in [1.807, 2.05) is 35.4 Å². The summed E-state index contributed by atoms with van der Waals surface area (Å²) in [4.78, 5) is 17.8. The molecule has 4 rings (SSSR count). The fourth-order valence-corrected chi connectivity index (χ4v) is 3.17. The number of likely N-dealkylation sites (tertiary alicyclic amines) is 1. The molecule has 2 aromatic rings. The fourth-order valence-electron chi connectivity index (χ4n) is 3.17. The predicted molar refractivity (Wildman–Crippen MR) is 79.7 cm³/mol. The lowest BCUT2D eigenvalue weighted by Gasteiger charge is -2.28. The number of nitrogens with one attached hydrogen (secondary N) is 1. The van der Waals surface area contributed by atoms with Crippen molar-refractivity contribution in [1.82, 2.24) is 9.88 Å². The molecule has 3 nitrogen and oxygen atoms in total. The molecule has 1 aliphatic heterocycles. The number of para-hydroxylation sites is 1. The van der Waals surface area contributed by atoms with E-state index in [-0.39, 0.29) is 5.91 Å². The van der Waals surface area contributed by atoms with Crippen molar-refractivity contribution in [1.29, 1.82) is 0 Å². The molecule has 1 aromatic carbocycles. The van der Waals surface area contributed by atoms with E-state index in [1.54, 1.807) is 11.1 Å². The van der Waals surface area contributed by atoms with Gasteiger partial charge >= 0.3 is 0 Å². The highest BCUT2D eigenvalue weighted by Crippen LogP contribution is 2.36. The lowest BCUT2D eigenvalue weighted by Crippen LogP contribution is -2.36. The number of H-pyrrole nitrogens is 1. The van der Waals surface area contributed by atoms with Crippen LogP contribution in [0.25, 0.3) is 10.9 Å². The molecule has 0 atom stereocenters. The van der Waals surface area contributed by atoms with Gasteiger partial charge in [-0.1, -0.05) is 29.3 Å². The lowest BCUT2D eigenvalue weighted by atomic mass is 10.0. The minimum atomic E-state index is 0.169. The van der Waals surface area contributed by atoms with Gasteiger partial charge in [0.25, 0.3) is 5.91 Å². The Hall–Kier alpha value is -2.03. The van der Waals surface area contributed by atoms with Gasteiger partial charge in [-0.3, -0.25) is 4.79 Å². The summed E-state index contributed by atoms with van der Waals surface area (Å²) < 4.78 is 0. The first-order chi connectivity index (χ1) is 9.83. The van der Waals surface area contributed by atoms with Crippen molar-refractivity contribution in [2.75, 3.05) is 13.1 Å². The number of aromatic nitrogens is 1. The molecule has 1 saturated carbocycles. The monoisotopic (exact) mass is 266 g/mol. The number of nitrogens with zero attached hydrogens (tertiary/aromatic N) is 1. The molecule has 2 aliphatic rings. The van der Waals surface area contributed by atoms with E-state index >= 15 is 0 Å². The summed E-state index contributed by atoms with van der Waals surface area (Å²) in [6.07, 6.45) is 6.59. The van der Waals surface area contributed by atoms with Gasteiger partial charge in [0.2, 0.25) is 0 Å². The number of carbonyl (C=O) groups is 1. The molecule has 0 radical (unpaired) electrons. The van der Waals surface area contributed by atoms with Gasteiger partial charge in [0.05, 0.1) is 5.56 Å². The van der Waals surface area contributed by atoms with Crippen LogP contribution in [0.2, 0.25) is 0 Å². The first kappa shape index (κ1) is 11.8. The topological polar surface area (TPSA) is 36.1 Å². The van der Waals surface area contributed by atoms with Gasteiger partial charge in [-0.2, -0.15) is 0 Å². The average molecular weight is 266 g/mol. The van der Waals surface area contributed by atoms with E-state index in [0.717, 1.165) is 42.4 Å². The second-order valence-electron chi connectivity index (χ2n) is 5.75. The van der Waals surface area contributed by atoms with Crippen LogP contribution in [-0.4, -0.2) is 28.9 Å². The molecular weight excluding hydrogens is 248 g/mol. The number of rotatable bonds is 1. The zero-order valence-corrected chi connectivity index (χ0v) is 11.5. The maximum Gasteiger partial charge on any atom is 0.256 e. The second-order valence-corrected chi connectivity index (χ2v) is 5.75. The highest BCUT2D eigenvalue weighted by atomic mass is 16.2. The number of fused-ring (bicyclic) bond motifs is 1. The van der Waals surface area contributed by atoms with E-state index in [9.17, 15) is 4.79 Å². The molecule has 1 aliphatic carbocycles. The largest absolute Gasteiger partial charge is 0.360 e. The summed E-state index contributed by atoms with van der Waals surface area (Å²) in [6.45, 7) is 1.74. The minimum absolute atomic E-state index is 0.169. The molecular formula is C17H18N2O. The number of allylic oxidation sites excluding steroid dienone is 1. The molecule has 0 unspecified atom stereocenters. The Morgan fingerprint density at radius 2 is 1.70 bits per heavy atom. The molecule has 1 amide bonds. The third-order valence-corrected chi connectivity index (χ3v) is 4.47. The van der Waals surface area contributed by atoms with Crippen LogP contribution in [0.1, 0.15) is 36.0 Å². The van der Waals surface area contributed by atoms with Crippen LogP contribution >= 0.6 is 0 Å². The smallest absolute Gasteiger partial charge is 0.256 e. The third-order valence-electron chi connectivity index (χ3n) is 4.47. The molecule has 1 saturated heterocycles. The fraction of sp³-hybridized carbons (Fsp3) is 0.353. The molecule has 3 heteroatoms. The Morgan fingerprint density at radius 3 is 2.45 bits per heavy atom. The Balaban J connectivity index is 1.57. The number of benzene rings is 1. The molecule has 1 N–H and O–H groups in total. The van der Waals surface area contributed by atoms with E-state index in [0.29, 0.717) is 0 Å². The van der Waals surface area contributed by atoms with Crippen LogP contribution in [0.4, 0.5) is 0 Å². The number of aromatic amines is 1. The van der Waals surface area contributed by atoms with Crippen LogP contribution in [0.15, 0.2) is 41.6 Å². The summed E-state index contributed by atoms with van der Waals surface area (Å²) in [5.74, 6) is 0.169. The van der Waals surface area contributed by atoms with Gasteiger partial charge in [0.15, 0.2) is 0 Å². The molecule has 0 bridgehead atoms. The van der Waals surface area contributed by atoms with Gasteiger partial charge in [-0.15, -0.1) is 0 Å². The first-order valence-corrected chi connectivity index (χ1v) is 7.38. The van der Waals surface area contributed by atoms with Crippen molar-refractivity contribution in [3.05, 3.63) is 47.2 Å². The van der Waals surface area contributed by atoms with Crippen LogP contribution in [-0.2, 0) is 0 Å². The predicted octanol–water partition coefficient (Wildman–Crippen LogP) is 3.49. The molecule has 2 heterocycles. The van der Waals surface area contributed by atoms with E-state index in [4.69, 9.17) is 0 Å². The Morgan fingerprint density at radius 1 is 1.00 bits per heavy atom. The lowest BCUT2D eigenvalue weighted by molar-refractivity contribution is 0.0745. The van der Waals surface area contributed by atoms with Crippen molar-refractivity contribution < 1.29 is 4.79 Å². The highest BCUT2D eigenvalue weighted by Gasteiger charge is 2.25. The third kappa shape index (κ3) is 1.94.